The Labute approximate surface area is 161 Å². The van der Waals surface area contributed by atoms with E-state index in [1.807, 2.05) is 18.2 Å². The van der Waals surface area contributed by atoms with Crippen LogP contribution in [0.1, 0.15) is 10.4 Å². The Morgan fingerprint density at radius 3 is 2.57 bits per heavy atom. The predicted octanol–water partition coefficient (Wildman–Crippen LogP) is 1.38. The number of benzene rings is 2. The van der Waals surface area contributed by atoms with Crippen molar-refractivity contribution in [1.29, 1.82) is 0 Å². The third-order valence-electron chi connectivity index (χ3n) is 3.83. The van der Waals surface area contributed by atoms with Crippen LogP contribution in [0, 0.1) is 0 Å². The Kier molecular flexibility index (Phi) is 6.46. The number of para-hydroxylation sites is 2. The molecular weight excluding hydrogens is 366 g/mol. The van der Waals surface area contributed by atoms with Crippen LogP contribution in [0.5, 0.6) is 17.2 Å². The maximum atomic E-state index is 11.8. The summed E-state index contributed by atoms with van der Waals surface area (Å²) in [6, 6.07) is 13.5. The Morgan fingerprint density at radius 2 is 1.82 bits per heavy atom. The highest BCUT2D eigenvalue weighted by molar-refractivity contribution is 5.81. The van der Waals surface area contributed by atoms with Crippen LogP contribution in [0.25, 0.3) is 0 Å². The van der Waals surface area contributed by atoms with Gasteiger partial charge in [0.1, 0.15) is 24.7 Å². The molecule has 2 aromatic carbocycles. The summed E-state index contributed by atoms with van der Waals surface area (Å²) in [5.74, 6) is 0.575. The number of ether oxygens (including phenoxy) is 4. The van der Waals surface area contributed by atoms with Crippen LogP contribution in [0.3, 0.4) is 0 Å². The highest BCUT2D eigenvalue weighted by atomic mass is 16.6. The van der Waals surface area contributed by atoms with E-state index in [1.165, 1.54) is 0 Å². The molecule has 0 spiro atoms. The largest absolute Gasteiger partial charge is 0.486 e. The summed E-state index contributed by atoms with van der Waals surface area (Å²) >= 11 is 0. The molecule has 1 aliphatic heterocycles. The molecule has 0 fully saturated rings. The molecule has 0 bridgehead atoms. The number of amides is 1. The van der Waals surface area contributed by atoms with Gasteiger partial charge >= 0.3 is 5.97 Å². The number of rotatable bonds is 8. The van der Waals surface area contributed by atoms with Crippen LogP contribution in [-0.4, -0.2) is 50.6 Å². The first-order valence-electron chi connectivity index (χ1n) is 8.63. The van der Waals surface area contributed by atoms with Crippen LogP contribution in [-0.2, 0) is 14.3 Å². The van der Waals surface area contributed by atoms with E-state index in [0.717, 1.165) is 0 Å². The lowest BCUT2D eigenvalue weighted by molar-refractivity contribution is -0.150. The second kappa shape index (κ2) is 9.40. The van der Waals surface area contributed by atoms with Crippen molar-refractivity contribution in [2.75, 3.05) is 26.4 Å². The lowest BCUT2D eigenvalue weighted by Crippen LogP contribution is -2.42. The highest BCUT2D eigenvalue weighted by Gasteiger charge is 2.21. The average molecular weight is 385 g/mol. The predicted molar refractivity (Wildman–Crippen MR) is 97.6 cm³/mol. The van der Waals surface area contributed by atoms with E-state index in [0.29, 0.717) is 35.7 Å². The number of carbonyl (C=O) groups is 3. The van der Waals surface area contributed by atoms with E-state index in [1.54, 1.807) is 30.3 Å². The normalized spacial score (nSPS) is 14.6. The quantitative estimate of drug-likeness (QED) is 0.541. The molecule has 2 aromatic rings. The molecule has 1 N–H and O–H groups in total. The van der Waals surface area contributed by atoms with E-state index >= 15 is 0 Å². The fourth-order valence-electron chi connectivity index (χ4n) is 2.41. The van der Waals surface area contributed by atoms with Crippen molar-refractivity contribution in [3.05, 3.63) is 54.1 Å². The monoisotopic (exact) mass is 385 g/mol. The van der Waals surface area contributed by atoms with Crippen LogP contribution in [0.15, 0.2) is 48.5 Å². The maximum absolute atomic E-state index is 11.8. The van der Waals surface area contributed by atoms with Crippen molar-refractivity contribution < 1.29 is 33.3 Å². The fraction of sp³-hybridized carbons (Fsp3) is 0.250. The minimum absolute atomic E-state index is 0.226. The lowest BCUT2D eigenvalue weighted by atomic mass is 10.2. The Bertz CT molecular complexity index is 835. The molecule has 0 saturated heterocycles. The standard InChI is InChI=1S/C20H19NO7/c22-10-14-5-7-15(8-6-14)25-13-20(24)27-12-19(23)21-9-16-11-26-17-3-1-2-4-18(17)28-16/h1-8,10,16H,9,11-13H2,(H,21,23)/t16-/m1/s1. The molecular formula is C20H19NO7. The summed E-state index contributed by atoms with van der Waals surface area (Å²) < 4.78 is 21.4. The molecule has 1 aliphatic rings. The summed E-state index contributed by atoms with van der Waals surface area (Å²) in [6.45, 7) is -0.224. The Hall–Kier alpha value is -3.55. The summed E-state index contributed by atoms with van der Waals surface area (Å²) in [6.07, 6.45) is 0.382. The molecule has 1 amide bonds. The van der Waals surface area contributed by atoms with Gasteiger partial charge < -0.3 is 24.3 Å². The van der Waals surface area contributed by atoms with Gasteiger partial charge in [0.15, 0.2) is 24.7 Å². The summed E-state index contributed by atoms with van der Waals surface area (Å²) in [4.78, 5) is 34.1. The van der Waals surface area contributed by atoms with Gasteiger partial charge in [-0.1, -0.05) is 12.1 Å². The summed E-state index contributed by atoms with van der Waals surface area (Å²) in [7, 11) is 0. The molecule has 0 aromatic heterocycles. The first-order chi connectivity index (χ1) is 13.6. The van der Waals surface area contributed by atoms with Crippen molar-refractivity contribution in [2.24, 2.45) is 0 Å². The number of hydrogen-bond donors (Lipinski definition) is 1. The van der Waals surface area contributed by atoms with E-state index in [9.17, 15) is 14.4 Å². The second-order valence-corrected chi connectivity index (χ2v) is 5.94. The maximum Gasteiger partial charge on any atom is 0.344 e. The molecule has 0 radical (unpaired) electrons. The molecule has 3 rings (SSSR count). The molecule has 146 valence electrons. The van der Waals surface area contributed by atoms with Gasteiger partial charge in [-0.15, -0.1) is 0 Å². The summed E-state index contributed by atoms with van der Waals surface area (Å²) in [5.41, 5.74) is 0.502. The molecule has 0 unspecified atom stereocenters. The first-order valence-corrected chi connectivity index (χ1v) is 8.63. The van der Waals surface area contributed by atoms with Crippen molar-refractivity contribution in [1.82, 2.24) is 5.32 Å². The van der Waals surface area contributed by atoms with Gasteiger partial charge in [-0.3, -0.25) is 9.59 Å². The summed E-state index contributed by atoms with van der Waals surface area (Å²) in [5, 5.41) is 2.63. The molecule has 0 saturated carbocycles. The third-order valence-corrected chi connectivity index (χ3v) is 3.83. The van der Waals surface area contributed by atoms with Crippen LogP contribution in [0.2, 0.25) is 0 Å². The topological polar surface area (TPSA) is 100 Å². The Balaban J connectivity index is 1.32. The molecule has 0 aliphatic carbocycles. The second-order valence-electron chi connectivity index (χ2n) is 5.94. The van der Waals surface area contributed by atoms with Gasteiger partial charge in [0, 0.05) is 5.56 Å². The first kappa shape index (κ1) is 19.2. The molecule has 8 nitrogen and oxygen atoms in total. The van der Waals surface area contributed by atoms with Crippen LogP contribution < -0.4 is 19.5 Å². The molecule has 28 heavy (non-hydrogen) atoms. The lowest BCUT2D eigenvalue weighted by Gasteiger charge is -2.26. The zero-order valence-corrected chi connectivity index (χ0v) is 15.0. The van der Waals surface area contributed by atoms with Gasteiger partial charge in [-0.2, -0.15) is 0 Å². The van der Waals surface area contributed by atoms with Crippen LogP contribution in [0.4, 0.5) is 0 Å². The average Bonchev–Trinajstić information content (AvgIpc) is 2.75. The van der Waals surface area contributed by atoms with E-state index in [4.69, 9.17) is 18.9 Å². The Morgan fingerprint density at radius 1 is 1.07 bits per heavy atom. The van der Waals surface area contributed by atoms with E-state index in [-0.39, 0.29) is 19.3 Å². The number of nitrogens with one attached hydrogen (secondary N) is 1. The van der Waals surface area contributed by atoms with Crippen molar-refractivity contribution in [2.45, 2.75) is 6.10 Å². The number of esters is 1. The third kappa shape index (κ3) is 5.47. The SMILES string of the molecule is O=Cc1ccc(OCC(=O)OCC(=O)NC[C@@H]2COc3ccccc3O2)cc1. The molecule has 1 heterocycles. The van der Waals surface area contributed by atoms with E-state index in [2.05, 4.69) is 5.32 Å². The number of carbonyl (C=O) groups excluding carboxylic acids is 3. The minimum Gasteiger partial charge on any atom is -0.486 e. The van der Waals surface area contributed by atoms with E-state index < -0.39 is 18.5 Å². The molecule has 1 atom stereocenters. The van der Waals surface area contributed by atoms with Crippen molar-refractivity contribution >= 4 is 18.2 Å². The number of hydrogen-bond acceptors (Lipinski definition) is 7. The molecule has 8 heteroatoms. The van der Waals surface area contributed by atoms with Gasteiger partial charge in [0.25, 0.3) is 5.91 Å². The zero-order chi connectivity index (χ0) is 19.8. The highest BCUT2D eigenvalue weighted by Crippen LogP contribution is 2.30. The number of fused-ring (bicyclic) bond motifs is 1. The fourth-order valence-corrected chi connectivity index (χ4v) is 2.41. The van der Waals surface area contributed by atoms with Crippen LogP contribution >= 0.6 is 0 Å². The van der Waals surface area contributed by atoms with Gasteiger partial charge in [-0.25, -0.2) is 4.79 Å². The van der Waals surface area contributed by atoms with Gasteiger partial charge in [0.05, 0.1) is 6.54 Å². The smallest absolute Gasteiger partial charge is 0.344 e. The van der Waals surface area contributed by atoms with Crippen molar-refractivity contribution in [3.63, 3.8) is 0 Å². The van der Waals surface area contributed by atoms with Crippen molar-refractivity contribution in [3.8, 4) is 17.2 Å². The van der Waals surface area contributed by atoms with Gasteiger partial charge in [0.2, 0.25) is 0 Å². The zero-order valence-electron chi connectivity index (χ0n) is 15.0. The number of aldehydes is 1. The van der Waals surface area contributed by atoms with Gasteiger partial charge in [-0.05, 0) is 36.4 Å². The minimum atomic E-state index is -0.680.